The first kappa shape index (κ1) is 9.87. The minimum atomic E-state index is -0.157. The van der Waals surface area contributed by atoms with Crippen LogP contribution in [0.4, 0.5) is 5.69 Å². The number of anilines is 1. The fraction of sp³-hybridized carbons (Fsp3) is 0.455. The Morgan fingerprint density at radius 3 is 2.43 bits per heavy atom. The van der Waals surface area contributed by atoms with Crippen LogP contribution >= 0.6 is 11.8 Å². The minimum Gasteiger partial charge on any atom is -0.391 e. The van der Waals surface area contributed by atoms with Crippen molar-refractivity contribution in [2.45, 2.75) is 29.9 Å². The van der Waals surface area contributed by atoms with Crippen LogP contribution in [0.3, 0.4) is 0 Å². The van der Waals surface area contributed by atoms with Gasteiger partial charge in [0.05, 0.1) is 12.1 Å². The molecule has 1 aromatic carbocycles. The van der Waals surface area contributed by atoms with Gasteiger partial charge < -0.3 is 10.4 Å². The predicted octanol–water partition coefficient (Wildman–Crippen LogP) is 2.34. The summed E-state index contributed by atoms with van der Waals surface area (Å²) < 4.78 is 0. The van der Waals surface area contributed by atoms with Crippen LogP contribution < -0.4 is 5.32 Å². The summed E-state index contributed by atoms with van der Waals surface area (Å²) >= 11 is 1.74. The molecule has 0 aromatic heterocycles. The van der Waals surface area contributed by atoms with Gasteiger partial charge in [0.25, 0.3) is 0 Å². The summed E-state index contributed by atoms with van der Waals surface area (Å²) in [6.07, 6.45) is 3.92. The predicted molar refractivity (Wildman–Crippen MR) is 60.9 cm³/mol. The molecule has 0 saturated heterocycles. The van der Waals surface area contributed by atoms with Crippen molar-refractivity contribution >= 4 is 17.4 Å². The van der Waals surface area contributed by atoms with Crippen LogP contribution in [0.1, 0.15) is 12.8 Å². The molecule has 14 heavy (non-hydrogen) atoms. The van der Waals surface area contributed by atoms with E-state index in [1.165, 1.54) is 4.90 Å². The van der Waals surface area contributed by atoms with Crippen LogP contribution in [0.15, 0.2) is 29.2 Å². The summed E-state index contributed by atoms with van der Waals surface area (Å²) in [7, 11) is 0. The molecule has 0 bridgehead atoms. The second-order valence-corrected chi connectivity index (χ2v) is 4.50. The summed E-state index contributed by atoms with van der Waals surface area (Å²) in [6.45, 7) is 0. The van der Waals surface area contributed by atoms with Gasteiger partial charge >= 0.3 is 0 Å². The highest BCUT2D eigenvalue weighted by Gasteiger charge is 2.28. The summed E-state index contributed by atoms with van der Waals surface area (Å²) in [6, 6.07) is 8.58. The standard InChI is InChI=1S/C11H15NOS/c1-14-9-4-2-8(3-5-9)12-10-6-7-11(10)13/h2-5,10-13H,6-7H2,1H3/t10-,11-/m0/s1. The second-order valence-electron chi connectivity index (χ2n) is 3.62. The molecule has 2 nitrogen and oxygen atoms in total. The van der Waals surface area contributed by atoms with E-state index in [-0.39, 0.29) is 12.1 Å². The monoisotopic (exact) mass is 209 g/mol. The van der Waals surface area contributed by atoms with Gasteiger partial charge in [0, 0.05) is 10.6 Å². The van der Waals surface area contributed by atoms with Gasteiger partial charge in [-0.15, -0.1) is 11.8 Å². The average molecular weight is 209 g/mol. The molecule has 0 spiro atoms. The molecular formula is C11H15NOS. The van der Waals surface area contributed by atoms with E-state index in [1.54, 1.807) is 11.8 Å². The Morgan fingerprint density at radius 2 is 2.00 bits per heavy atom. The molecule has 0 amide bonds. The van der Waals surface area contributed by atoms with E-state index >= 15 is 0 Å². The minimum absolute atomic E-state index is 0.157. The lowest BCUT2D eigenvalue weighted by molar-refractivity contribution is 0.0786. The molecule has 2 rings (SSSR count). The summed E-state index contributed by atoms with van der Waals surface area (Å²) in [5, 5.41) is 12.7. The molecule has 3 heteroatoms. The zero-order valence-corrected chi connectivity index (χ0v) is 9.05. The van der Waals surface area contributed by atoms with Gasteiger partial charge in [-0.25, -0.2) is 0 Å². The normalized spacial score (nSPS) is 25.6. The Kier molecular flexibility index (Phi) is 2.99. The highest BCUT2D eigenvalue weighted by Crippen LogP contribution is 2.25. The average Bonchev–Trinajstić information content (AvgIpc) is 2.24. The van der Waals surface area contributed by atoms with Crippen LogP contribution in [0.5, 0.6) is 0 Å². The molecular weight excluding hydrogens is 194 g/mol. The van der Waals surface area contributed by atoms with Gasteiger partial charge in [-0.2, -0.15) is 0 Å². The van der Waals surface area contributed by atoms with Crippen molar-refractivity contribution in [3.05, 3.63) is 24.3 Å². The van der Waals surface area contributed by atoms with E-state index in [0.717, 1.165) is 18.5 Å². The molecule has 0 aliphatic heterocycles. The van der Waals surface area contributed by atoms with E-state index in [9.17, 15) is 5.11 Å². The molecule has 1 aliphatic rings. The molecule has 2 atom stereocenters. The van der Waals surface area contributed by atoms with E-state index in [1.807, 2.05) is 0 Å². The van der Waals surface area contributed by atoms with Crippen molar-refractivity contribution in [2.24, 2.45) is 0 Å². The lowest BCUT2D eigenvalue weighted by Gasteiger charge is -2.33. The number of nitrogens with one attached hydrogen (secondary N) is 1. The lowest BCUT2D eigenvalue weighted by Crippen LogP contribution is -2.42. The maximum Gasteiger partial charge on any atom is 0.0741 e. The number of benzene rings is 1. The number of hydrogen-bond acceptors (Lipinski definition) is 3. The number of hydrogen-bond donors (Lipinski definition) is 2. The maximum absolute atomic E-state index is 9.40. The first-order valence-electron chi connectivity index (χ1n) is 4.88. The van der Waals surface area contributed by atoms with Gasteiger partial charge in [0.15, 0.2) is 0 Å². The lowest BCUT2D eigenvalue weighted by atomic mass is 9.89. The van der Waals surface area contributed by atoms with Gasteiger partial charge in [-0.1, -0.05) is 0 Å². The summed E-state index contributed by atoms with van der Waals surface area (Å²) in [4.78, 5) is 1.27. The van der Waals surface area contributed by atoms with Crippen molar-refractivity contribution in [3.8, 4) is 0 Å². The summed E-state index contributed by atoms with van der Waals surface area (Å²) in [5.74, 6) is 0. The number of aliphatic hydroxyl groups is 1. The van der Waals surface area contributed by atoms with E-state index in [4.69, 9.17) is 0 Å². The topological polar surface area (TPSA) is 32.3 Å². The molecule has 76 valence electrons. The van der Waals surface area contributed by atoms with Crippen LogP contribution in [0, 0.1) is 0 Å². The van der Waals surface area contributed by atoms with E-state index < -0.39 is 0 Å². The second kappa shape index (κ2) is 4.24. The molecule has 2 N–H and O–H groups in total. The largest absolute Gasteiger partial charge is 0.391 e. The number of thioether (sulfide) groups is 1. The smallest absolute Gasteiger partial charge is 0.0741 e. The molecule has 1 aromatic rings. The van der Waals surface area contributed by atoms with Crippen molar-refractivity contribution in [1.82, 2.24) is 0 Å². The third-order valence-electron chi connectivity index (χ3n) is 2.68. The Hall–Kier alpha value is -0.670. The molecule has 1 aliphatic carbocycles. The summed E-state index contributed by atoms with van der Waals surface area (Å²) in [5.41, 5.74) is 1.10. The zero-order valence-electron chi connectivity index (χ0n) is 8.23. The Labute approximate surface area is 88.7 Å². The SMILES string of the molecule is CSc1ccc(N[C@H]2CC[C@@H]2O)cc1. The molecule has 0 heterocycles. The molecule has 0 unspecified atom stereocenters. The van der Waals surface area contributed by atoms with Gasteiger partial charge in [0.2, 0.25) is 0 Å². The first-order valence-corrected chi connectivity index (χ1v) is 6.11. The number of rotatable bonds is 3. The van der Waals surface area contributed by atoms with Crippen molar-refractivity contribution in [3.63, 3.8) is 0 Å². The van der Waals surface area contributed by atoms with Gasteiger partial charge in [0.1, 0.15) is 0 Å². The van der Waals surface area contributed by atoms with Crippen molar-refractivity contribution in [1.29, 1.82) is 0 Å². The Balaban J connectivity index is 1.96. The highest BCUT2D eigenvalue weighted by atomic mass is 32.2. The van der Waals surface area contributed by atoms with Crippen molar-refractivity contribution in [2.75, 3.05) is 11.6 Å². The van der Waals surface area contributed by atoms with E-state index in [2.05, 4.69) is 35.8 Å². The third-order valence-corrected chi connectivity index (χ3v) is 3.42. The fourth-order valence-electron chi connectivity index (χ4n) is 1.55. The first-order chi connectivity index (χ1) is 6.79. The van der Waals surface area contributed by atoms with Crippen molar-refractivity contribution < 1.29 is 5.11 Å². The quantitative estimate of drug-likeness (QED) is 0.749. The van der Waals surface area contributed by atoms with Crippen LogP contribution in [0.2, 0.25) is 0 Å². The van der Waals surface area contributed by atoms with Crippen LogP contribution in [-0.4, -0.2) is 23.5 Å². The van der Waals surface area contributed by atoms with Crippen LogP contribution in [0.25, 0.3) is 0 Å². The Morgan fingerprint density at radius 1 is 1.29 bits per heavy atom. The molecule has 1 fully saturated rings. The Bertz CT molecular complexity index is 299. The van der Waals surface area contributed by atoms with E-state index in [0.29, 0.717) is 0 Å². The highest BCUT2D eigenvalue weighted by molar-refractivity contribution is 7.98. The molecule has 0 radical (unpaired) electrons. The van der Waals surface area contributed by atoms with Gasteiger partial charge in [-0.3, -0.25) is 0 Å². The third kappa shape index (κ3) is 2.04. The zero-order chi connectivity index (χ0) is 9.97. The maximum atomic E-state index is 9.40. The number of aliphatic hydroxyl groups excluding tert-OH is 1. The molecule has 1 saturated carbocycles. The van der Waals surface area contributed by atoms with Gasteiger partial charge in [-0.05, 0) is 43.4 Å². The van der Waals surface area contributed by atoms with Crippen LogP contribution in [-0.2, 0) is 0 Å². The fourth-order valence-corrected chi connectivity index (χ4v) is 1.96.